The van der Waals surface area contributed by atoms with Gasteiger partial charge in [-0.15, -0.1) is 0 Å². The Hall–Kier alpha value is -2.14. The standard InChI is InChI=1S/C20H27N3O2/c1-3-22-11-6-8-17(14-22)21-20(25)13-19-18-9-5-4-7-16(18)10-12-23(19)15(2)24/h4-5,7,9-10,12,17,19H,3,6,8,11,13-14H2,1-2H3,(H,21,25)/t17-,19+/m1/s1. The van der Waals surface area contributed by atoms with Crippen molar-refractivity contribution < 1.29 is 9.59 Å². The van der Waals surface area contributed by atoms with Gasteiger partial charge in [-0.1, -0.05) is 31.2 Å². The van der Waals surface area contributed by atoms with Gasteiger partial charge in [0.25, 0.3) is 0 Å². The van der Waals surface area contributed by atoms with E-state index in [1.165, 1.54) is 0 Å². The first-order valence-electron chi connectivity index (χ1n) is 9.16. The van der Waals surface area contributed by atoms with Crippen LogP contribution in [0.5, 0.6) is 0 Å². The maximum atomic E-state index is 12.7. The Bertz CT molecular complexity index is 671. The number of likely N-dealkylation sites (N-methyl/N-ethyl adjacent to an activating group) is 1. The minimum atomic E-state index is -0.232. The number of carbonyl (C=O) groups is 2. The van der Waals surface area contributed by atoms with E-state index in [2.05, 4.69) is 17.1 Å². The molecule has 1 aromatic rings. The van der Waals surface area contributed by atoms with Crippen LogP contribution in [0.15, 0.2) is 30.5 Å². The molecule has 0 aromatic heterocycles. The van der Waals surface area contributed by atoms with Gasteiger partial charge in [-0.05, 0) is 43.1 Å². The Morgan fingerprint density at radius 1 is 1.28 bits per heavy atom. The largest absolute Gasteiger partial charge is 0.352 e. The van der Waals surface area contributed by atoms with Gasteiger partial charge in [0, 0.05) is 25.7 Å². The summed E-state index contributed by atoms with van der Waals surface area (Å²) in [6.07, 6.45) is 6.17. The van der Waals surface area contributed by atoms with E-state index in [0.29, 0.717) is 6.42 Å². The highest BCUT2D eigenvalue weighted by Gasteiger charge is 2.29. The molecule has 25 heavy (non-hydrogen) atoms. The lowest BCUT2D eigenvalue weighted by Gasteiger charge is -2.34. The van der Waals surface area contributed by atoms with Crippen LogP contribution in [0.4, 0.5) is 0 Å². The average Bonchev–Trinajstić information content (AvgIpc) is 2.61. The molecule has 1 N–H and O–H groups in total. The van der Waals surface area contributed by atoms with E-state index in [-0.39, 0.29) is 23.9 Å². The quantitative estimate of drug-likeness (QED) is 0.916. The molecular weight excluding hydrogens is 314 g/mol. The van der Waals surface area contributed by atoms with Crippen LogP contribution in [-0.4, -0.2) is 47.3 Å². The van der Waals surface area contributed by atoms with E-state index in [1.54, 1.807) is 18.0 Å². The molecule has 1 fully saturated rings. The van der Waals surface area contributed by atoms with E-state index in [9.17, 15) is 9.59 Å². The summed E-state index contributed by atoms with van der Waals surface area (Å²) < 4.78 is 0. The predicted octanol–water partition coefficient (Wildman–Crippen LogP) is 2.55. The van der Waals surface area contributed by atoms with Crippen molar-refractivity contribution >= 4 is 17.9 Å². The van der Waals surface area contributed by atoms with Crippen LogP contribution in [0.2, 0.25) is 0 Å². The normalized spacial score (nSPS) is 23.2. The zero-order chi connectivity index (χ0) is 17.8. The van der Waals surface area contributed by atoms with Gasteiger partial charge < -0.3 is 15.1 Å². The summed E-state index contributed by atoms with van der Waals surface area (Å²) in [6, 6.07) is 7.94. The van der Waals surface area contributed by atoms with Crippen LogP contribution in [0.1, 0.15) is 50.3 Å². The van der Waals surface area contributed by atoms with Crippen LogP contribution < -0.4 is 5.32 Å². The summed E-state index contributed by atoms with van der Waals surface area (Å²) in [5.41, 5.74) is 2.11. The first kappa shape index (κ1) is 17.7. The Labute approximate surface area is 149 Å². The maximum Gasteiger partial charge on any atom is 0.223 e. The SMILES string of the molecule is CCN1CCC[C@@H](NC(=O)C[C@H]2c3ccccc3C=CN2C(C)=O)C1. The van der Waals surface area contributed by atoms with E-state index < -0.39 is 0 Å². The molecule has 2 aliphatic rings. The molecule has 1 aromatic carbocycles. The van der Waals surface area contributed by atoms with E-state index in [4.69, 9.17) is 0 Å². The zero-order valence-electron chi connectivity index (χ0n) is 15.1. The third-order valence-corrected chi connectivity index (χ3v) is 5.17. The zero-order valence-corrected chi connectivity index (χ0v) is 15.1. The van der Waals surface area contributed by atoms with Crippen LogP contribution in [0, 0.1) is 0 Å². The molecule has 0 saturated carbocycles. The van der Waals surface area contributed by atoms with Crippen molar-refractivity contribution in [1.82, 2.24) is 15.1 Å². The second-order valence-electron chi connectivity index (χ2n) is 6.89. The minimum Gasteiger partial charge on any atom is -0.352 e. The van der Waals surface area contributed by atoms with Crippen molar-refractivity contribution in [2.75, 3.05) is 19.6 Å². The number of fused-ring (bicyclic) bond motifs is 1. The third kappa shape index (κ3) is 4.10. The van der Waals surface area contributed by atoms with Gasteiger partial charge >= 0.3 is 0 Å². The number of nitrogens with zero attached hydrogens (tertiary/aromatic N) is 2. The topological polar surface area (TPSA) is 52.7 Å². The van der Waals surface area contributed by atoms with Crippen LogP contribution in [0.3, 0.4) is 0 Å². The van der Waals surface area contributed by atoms with E-state index in [0.717, 1.165) is 43.6 Å². The number of hydrogen-bond acceptors (Lipinski definition) is 3. The van der Waals surface area contributed by atoms with Crippen molar-refractivity contribution in [1.29, 1.82) is 0 Å². The van der Waals surface area contributed by atoms with Crippen molar-refractivity contribution in [3.63, 3.8) is 0 Å². The van der Waals surface area contributed by atoms with E-state index in [1.807, 2.05) is 30.3 Å². The Morgan fingerprint density at radius 3 is 2.84 bits per heavy atom. The fourth-order valence-corrected chi connectivity index (χ4v) is 3.84. The number of carbonyl (C=O) groups excluding carboxylic acids is 2. The molecule has 2 aliphatic heterocycles. The predicted molar refractivity (Wildman–Crippen MR) is 98.6 cm³/mol. The number of hydrogen-bond donors (Lipinski definition) is 1. The fourth-order valence-electron chi connectivity index (χ4n) is 3.84. The summed E-state index contributed by atoms with van der Waals surface area (Å²) in [5.74, 6) is -0.0253. The number of amides is 2. The molecule has 2 heterocycles. The second-order valence-corrected chi connectivity index (χ2v) is 6.89. The van der Waals surface area contributed by atoms with E-state index >= 15 is 0 Å². The van der Waals surface area contributed by atoms with Crippen LogP contribution in [0.25, 0.3) is 6.08 Å². The Morgan fingerprint density at radius 2 is 2.08 bits per heavy atom. The highest BCUT2D eigenvalue weighted by atomic mass is 16.2. The molecule has 0 unspecified atom stereocenters. The maximum absolute atomic E-state index is 12.7. The Kier molecular flexibility index (Phi) is 5.53. The highest BCUT2D eigenvalue weighted by Crippen LogP contribution is 2.32. The summed E-state index contributed by atoms with van der Waals surface area (Å²) >= 11 is 0. The van der Waals surface area contributed by atoms with Gasteiger partial charge in [0.05, 0.1) is 12.5 Å². The summed E-state index contributed by atoms with van der Waals surface area (Å²) in [4.78, 5) is 28.7. The van der Waals surface area contributed by atoms with Gasteiger partial charge in [-0.3, -0.25) is 9.59 Å². The molecule has 134 valence electrons. The Balaban J connectivity index is 1.70. The molecule has 0 radical (unpaired) electrons. The van der Waals surface area contributed by atoms with Crippen LogP contribution >= 0.6 is 0 Å². The number of rotatable bonds is 4. The molecule has 3 rings (SSSR count). The molecule has 0 spiro atoms. The second kappa shape index (κ2) is 7.83. The molecule has 5 nitrogen and oxygen atoms in total. The summed E-state index contributed by atoms with van der Waals surface area (Å²) in [5, 5.41) is 3.18. The number of benzene rings is 1. The number of nitrogens with one attached hydrogen (secondary N) is 1. The molecule has 0 aliphatic carbocycles. The third-order valence-electron chi connectivity index (χ3n) is 5.17. The number of likely N-dealkylation sites (tertiary alicyclic amines) is 1. The van der Waals surface area contributed by atoms with Gasteiger partial charge in [0.2, 0.25) is 11.8 Å². The molecule has 0 bridgehead atoms. The van der Waals surface area contributed by atoms with Crippen molar-refractivity contribution in [2.24, 2.45) is 0 Å². The van der Waals surface area contributed by atoms with Crippen molar-refractivity contribution in [3.8, 4) is 0 Å². The summed E-state index contributed by atoms with van der Waals surface area (Å²) in [7, 11) is 0. The first-order chi connectivity index (χ1) is 12.1. The molecule has 2 amide bonds. The van der Waals surface area contributed by atoms with Crippen molar-refractivity contribution in [2.45, 2.75) is 45.2 Å². The van der Waals surface area contributed by atoms with Gasteiger partial charge in [-0.2, -0.15) is 0 Å². The summed E-state index contributed by atoms with van der Waals surface area (Å²) in [6.45, 7) is 6.75. The van der Waals surface area contributed by atoms with Crippen LogP contribution in [-0.2, 0) is 9.59 Å². The van der Waals surface area contributed by atoms with Gasteiger partial charge in [0.15, 0.2) is 0 Å². The molecule has 5 heteroatoms. The smallest absolute Gasteiger partial charge is 0.223 e. The monoisotopic (exact) mass is 341 g/mol. The number of piperidine rings is 1. The molecular formula is C20H27N3O2. The van der Waals surface area contributed by atoms with Crippen molar-refractivity contribution in [3.05, 3.63) is 41.6 Å². The molecule has 2 atom stereocenters. The lowest BCUT2D eigenvalue weighted by atomic mass is 9.93. The average molecular weight is 341 g/mol. The van der Waals surface area contributed by atoms with Gasteiger partial charge in [-0.25, -0.2) is 0 Å². The lowest BCUT2D eigenvalue weighted by Crippen LogP contribution is -2.48. The molecule has 1 saturated heterocycles. The first-order valence-corrected chi connectivity index (χ1v) is 9.16. The fraction of sp³-hybridized carbons (Fsp3) is 0.500. The minimum absolute atomic E-state index is 0.0179. The lowest BCUT2D eigenvalue weighted by molar-refractivity contribution is -0.130. The van der Waals surface area contributed by atoms with Gasteiger partial charge in [0.1, 0.15) is 0 Å². The highest BCUT2D eigenvalue weighted by molar-refractivity contribution is 5.82.